The van der Waals surface area contributed by atoms with E-state index in [1.54, 1.807) is 0 Å². The van der Waals surface area contributed by atoms with Crippen LogP contribution in [0.25, 0.3) is 0 Å². The van der Waals surface area contributed by atoms with Gasteiger partial charge in [-0.05, 0) is 64.2 Å². The molecule has 8 atom stereocenters. The van der Waals surface area contributed by atoms with Gasteiger partial charge in [0.05, 0.1) is 22.7 Å². The second-order valence-electron chi connectivity index (χ2n) is 12.1. The van der Waals surface area contributed by atoms with Crippen LogP contribution in [0.4, 0.5) is 0 Å². The maximum atomic E-state index is 13.4. The first-order valence-corrected chi connectivity index (χ1v) is 12.4. The lowest BCUT2D eigenvalue weighted by Crippen LogP contribution is -2.49. The lowest BCUT2D eigenvalue weighted by molar-refractivity contribution is -0.137. The molecule has 8 unspecified atom stereocenters. The van der Waals surface area contributed by atoms with E-state index in [-0.39, 0.29) is 47.3 Å². The Hall–Kier alpha value is -2.76. The fourth-order valence-electron chi connectivity index (χ4n) is 9.32. The van der Waals surface area contributed by atoms with Gasteiger partial charge in [0.2, 0.25) is 23.6 Å². The van der Waals surface area contributed by atoms with Gasteiger partial charge in [-0.25, -0.2) is 0 Å². The molecule has 6 rings (SSSR count). The molecule has 4 bridgehead atoms. The van der Waals surface area contributed by atoms with E-state index < -0.39 is 21.7 Å². The van der Waals surface area contributed by atoms with Crippen molar-refractivity contribution in [1.29, 1.82) is 0 Å². The predicted octanol–water partition coefficient (Wildman–Crippen LogP) is 3.37. The Morgan fingerprint density at radius 2 is 1.18 bits per heavy atom. The zero-order valence-corrected chi connectivity index (χ0v) is 19.9. The number of hydrogen-bond acceptors (Lipinski definition) is 4. The van der Waals surface area contributed by atoms with Crippen molar-refractivity contribution in [2.45, 2.75) is 52.4 Å². The largest absolute Gasteiger partial charge is 0.296 e. The van der Waals surface area contributed by atoms with Gasteiger partial charge < -0.3 is 0 Å². The third kappa shape index (κ3) is 2.23. The average molecular weight is 461 g/mol. The van der Waals surface area contributed by atoms with Crippen LogP contribution < -0.4 is 10.6 Å². The van der Waals surface area contributed by atoms with E-state index in [9.17, 15) is 19.2 Å². The highest BCUT2D eigenvalue weighted by Gasteiger charge is 2.76. The topological polar surface area (TPSA) is 92.3 Å². The molecule has 2 heterocycles. The van der Waals surface area contributed by atoms with Crippen molar-refractivity contribution in [2.24, 2.45) is 45.3 Å². The van der Waals surface area contributed by atoms with E-state index in [0.29, 0.717) is 25.7 Å². The molecular weight excluding hydrogens is 428 g/mol. The van der Waals surface area contributed by atoms with Crippen LogP contribution in [-0.2, 0) is 19.2 Å². The van der Waals surface area contributed by atoms with Crippen molar-refractivity contribution in [3.8, 4) is 0 Å². The molecule has 2 saturated carbocycles. The normalized spacial score (nSPS) is 46.8. The van der Waals surface area contributed by atoms with E-state index in [1.807, 2.05) is 13.8 Å². The number of amides is 4. The molecule has 4 fully saturated rings. The van der Waals surface area contributed by atoms with E-state index in [2.05, 4.69) is 48.1 Å². The number of hydrogen-bond donors (Lipinski definition) is 2. The SMILES string of the molecule is C=C(C)CC12C(=O)NC(=O)C1C1C=CC2(CCC23C=CC(C2)C2C(=O)NC(=O)C23CC(=C)C)C1. The van der Waals surface area contributed by atoms with Crippen molar-refractivity contribution in [1.82, 2.24) is 10.6 Å². The Morgan fingerprint density at radius 3 is 1.53 bits per heavy atom. The molecule has 0 aromatic rings. The molecular formula is C28H32N2O4. The number of imide groups is 2. The average Bonchev–Trinajstić information content (AvgIpc) is 3.53. The van der Waals surface area contributed by atoms with Crippen LogP contribution in [0.5, 0.6) is 0 Å². The summed E-state index contributed by atoms with van der Waals surface area (Å²) in [6.07, 6.45) is 12.5. The first kappa shape index (κ1) is 21.8. The fourth-order valence-corrected chi connectivity index (χ4v) is 9.32. The monoisotopic (exact) mass is 460 g/mol. The quantitative estimate of drug-likeness (QED) is 0.450. The number of carbonyl (C=O) groups excluding carboxylic acids is 4. The summed E-state index contributed by atoms with van der Waals surface area (Å²) < 4.78 is 0. The Labute approximate surface area is 200 Å². The zero-order chi connectivity index (χ0) is 24.3. The summed E-state index contributed by atoms with van der Waals surface area (Å²) in [5.74, 6) is -1.30. The summed E-state index contributed by atoms with van der Waals surface area (Å²) in [4.78, 5) is 52.6. The summed E-state index contributed by atoms with van der Waals surface area (Å²) in [5.41, 5.74) is -0.758. The molecule has 4 amide bonds. The van der Waals surface area contributed by atoms with Crippen LogP contribution >= 0.6 is 0 Å². The molecule has 2 saturated heterocycles. The zero-order valence-electron chi connectivity index (χ0n) is 19.9. The van der Waals surface area contributed by atoms with Gasteiger partial charge in [0, 0.05) is 10.8 Å². The van der Waals surface area contributed by atoms with Gasteiger partial charge in [-0.15, -0.1) is 13.2 Å². The van der Waals surface area contributed by atoms with Gasteiger partial charge >= 0.3 is 0 Å². The number of allylic oxidation sites excluding steroid dienone is 6. The molecule has 0 aromatic heterocycles. The van der Waals surface area contributed by atoms with Crippen LogP contribution in [-0.4, -0.2) is 23.6 Å². The molecule has 0 spiro atoms. The standard InChI is InChI=1S/C28H32N2O4/c1-15(2)11-27-19(21(31)29-23(27)33)17-5-7-25(27,13-17)9-10-26-8-6-18(14-26)20-22(32)30-24(34)28(20,26)12-16(3)4/h5-8,17-20H,1,3,9-14H2,2,4H3,(H,29,31,33)(H,30,32,34). The molecule has 0 radical (unpaired) electrons. The number of fused-ring (bicyclic) bond motifs is 10. The van der Waals surface area contributed by atoms with Crippen molar-refractivity contribution >= 4 is 23.6 Å². The van der Waals surface area contributed by atoms with Crippen LogP contribution in [0.15, 0.2) is 48.6 Å². The minimum absolute atomic E-state index is 0.0484. The molecule has 6 nitrogen and oxygen atoms in total. The maximum Gasteiger partial charge on any atom is 0.234 e. The molecule has 6 aliphatic rings. The van der Waals surface area contributed by atoms with Gasteiger partial charge in [-0.1, -0.05) is 35.5 Å². The highest BCUT2D eigenvalue weighted by molar-refractivity contribution is 6.10. The number of carbonyl (C=O) groups is 4. The predicted molar refractivity (Wildman–Crippen MR) is 126 cm³/mol. The number of rotatable bonds is 7. The lowest BCUT2D eigenvalue weighted by Gasteiger charge is -2.47. The lowest BCUT2D eigenvalue weighted by atomic mass is 9.53. The van der Waals surface area contributed by atoms with Crippen molar-refractivity contribution in [3.63, 3.8) is 0 Å². The summed E-state index contributed by atoms with van der Waals surface area (Å²) in [6, 6.07) is 0. The molecule has 34 heavy (non-hydrogen) atoms. The molecule has 4 aliphatic carbocycles. The summed E-state index contributed by atoms with van der Waals surface area (Å²) in [6.45, 7) is 12.0. The van der Waals surface area contributed by atoms with E-state index >= 15 is 0 Å². The molecule has 0 aromatic carbocycles. The second-order valence-corrected chi connectivity index (χ2v) is 12.1. The Morgan fingerprint density at radius 1 is 0.794 bits per heavy atom. The van der Waals surface area contributed by atoms with Gasteiger partial charge in [-0.3, -0.25) is 29.8 Å². The first-order chi connectivity index (χ1) is 16.0. The minimum atomic E-state index is -0.818. The molecule has 2 N–H and O–H groups in total. The van der Waals surface area contributed by atoms with Gasteiger partial charge in [0.25, 0.3) is 0 Å². The third-order valence-electron chi connectivity index (χ3n) is 10.2. The van der Waals surface area contributed by atoms with Gasteiger partial charge in [0.15, 0.2) is 0 Å². The highest BCUT2D eigenvalue weighted by Crippen LogP contribution is 2.74. The van der Waals surface area contributed by atoms with Crippen LogP contribution in [0.3, 0.4) is 0 Å². The van der Waals surface area contributed by atoms with E-state index in [4.69, 9.17) is 0 Å². The molecule has 2 aliphatic heterocycles. The summed E-state index contributed by atoms with van der Waals surface area (Å²) in [7, 11) is 0. The minimum Gasteiger partial charge on any atom is -0.296 e. The summed E-state index contributed by atoms with van der Waals surface area (Å²) in [5, 5.41) is 5.28. The molecule has 178 valence electrons. The smallest absolute Gasteiger partial charge is 0.234 e. The highest BCUT2D eigenvalue weighted by atomic mass is 16.2. The maximum absolute atomic E-state index is 13.4. The van der Waals surface area contributed by atoms with Crippen LogP contribution in [0, 0.1) is 45.3 Å². The Balaban J connectivity index is 1.41. The van der Waals surface area contributed by atoms with Crippen molar-refractivity contribution in [2.75, 3.05) is 0 Å². The Bertz CT molecular complexity index is 1070. The van der Waals surface area contributed by atoms with E-state index in [1.165, 1.54) is 0 Å². The van der Waals surface area contributed by atoms with Gasteiger partial charge in [0.1, 0.15) is 0 Å². The first-order valence-electron chi connectivity index (χ1n) is 12.4. The van der Waals surface area contributed by atoms with Gasteiger partial charge in [-0.2, -0.15) is 0 Å². The fraction of sp³-hybridized carbons (Fsp3) is 0.571. The second kappa shape index (κ2) is 6.46. The third-order valence-corrected chi connectivity index (χ3v) is 10.2. The van der Waals surface area contributed by atoms with Crippen LogP contribution in [0.1, 0.15) is 52.4 Å². The van der Waals surface area contributed by atoms with Crippen molar-refractivity contribution in [3.05, 3.63) is 48.6 Å². The number of nitrogens with one attached hydrogen (secondary N) is 2. The molecule has 6 heteroatoms. The van der Waals surface area contributed by atoms with Crippen molar-refractivity contribution < 1.29 is 19.2 Å². The Kier molecular flexibility index (Phi) is 4.14. The van der Waals surface area contributed by atoms with Crippen LogP contribution in [0.2, 0.25) is 0 Å². The summed E-state index contributed by atoms with van der Waals surface area (Å²) >= 11 is 0. The van der Waals surface area contributed by atoms with E-state index in [0.717, 1.165) is 24.0 Å².